The summed E-state index contributed by atoms with van der Waals surface area (Å²) in [7, 11) is 1.66. The number of aliphatic imine (C=N–C) groups is 1. The van der Waals surface area contributed by atoms with E-state index in [-0.39, 0.29) is 24.0 Å². The second kappa shape index (κ2) is 10.7. The minimum Gasteiger partial charge on any atom is -0.497 e. The quantitative estimate of drug-likeness (QED) is 0.360. The minimum absolute atomic E-state index is 0. The smallest absolute Gasteiger partial charge is 0.193 e. The van der Waals surface area contributed by atoms with Crippen molar-refractivity contribution >= 4 is 35.6 Å². The third kappa shape index (κ3) is 5.85. The number of benzene rings is 2. The lowest BCUT2D eigenvalue weighted by atomic mass is 9.95. The molecular weight excluding hydrogens is 463 g/mol. The Balaban J connectivity index is 0.00000280. The van der Waals surface area contributed by atoms with Gasteiger partial charge in [-0.15, -0.1) is 24.0 Å². The minimum atomic E-state index is 0. The Morgan fingerprint density at radius 1 is 1.14 bits per heavy atom. The van der Waals surface area contributed by atoms with Crippen LogP contribution >= 0.6 is 24.0 Å². The van der Waals surface area contributed by atoms with Gasteiger partial charge in [0.2, 0.25) is 0 Å². The first-order chi connectivity index (χ1) is 13.1. The number of fused-ring (bicyclic) bond motifs is 1. The molecule has 1 heterocycles. The van der Waals surface area contributed by atoms with Crippen LogP contribution in [0.3, 0.4) is 0 Å². The number of nitrogens with zero attached hydrogens (tertiary/aromatic N) is 2. The van der Waals surface area contributed by atoms with Crippen LogP contribution in [0.1, 0.15) is 25.0 Å². The van der Waals surface area contributed by atoms with Gasteiger partial charge in [0.15, 0.2) is 5.96 Å². The Bertz CT molecular complexity index is 776. The highest BCUT2D eigenvalue weighted by atomic mass is 127. The van der Waals surface area contributed by atoms with Crippen molar-refractivity contribution in [3.05, 3.63) is 59.7 Å². The molecular formula is C22H31IN4O. The van der Waals surface area contributed by atoms with Gasteiger partial charge < -0.3 is 15.8 Å². The average molecular weight is 494 g/mol. The van der Waals surface area contributed by atoms with Crippen molar-refractivity contribution in [1.29, 1.82) is 0 Å². The highest BCUT2D eigenvalue weighted by molar-refractivity contribution is 14.0. The zero-order valence-corrected chi connectivity index (χ0v) is 19.2. The van der Waals surface area contributed by atoms with Crippen LogP contribution in [0.2, 0.25) is 0 Å². The number of anilines is 1. The summed E-state index contributed by atoms with van der Waals surface area (Å²) in [4.78, 5) is 7.16. The molecule has 3 N–H and O–H groups in total. The molecule has 0 aliphatic carbocycles. The van der Waals surface area contributed by atoms with Gasteiger partial charge in [-0.2, -0.15) is 0 Å². The maximum absolute atomic E-state index is 6.12. The molecule has 2 aromatic rings. The molecule has 0 bridgehead atoms. The van der Waals surface area contributed by atoms with E-state index in [0.717, 1.165) is 30.9 Å². The van der Waals surface area contributed by atoms with Crippen LogP contribution in [0, 0.1) is 5.92 Å². The molecule has 6 heteroatoms. The number of nitrogens with two attached hydrogens (primary N) is 1. The molecule has 5 nitrogen and oxygen atoms in total. The Labute approximate surface area is 185 Å². The van der Waals surface area contributed by atoms with Crippen molar-refractivity contribution in [2.24, 2.45) is 16.6 Å². The molecule has 0 fully saturated rings. The van der Waals surface area contributed by atoms with Crippen molar-refractivity contribution < 1.29 is 4.74 Å². The third-order valence-corrected chi connectivity index (χ3v) is 5.21. The lowest BCUT2D eigenvalue weighted by Gasteiger charge is -2.37. The number of halogens is 1. The summed E-state index contributed by atoms with van der Waals surface area (Å²) in [5, 5.41) is 3.16. The van der Waals surface area contributed by atoms with E-state index in [1.54, 1.807) is 7.11 Å². The Morgan fingerprint density at radius 3 is 2.46 bits per heavy atom. The summed E-state index contributed by atoms with van der Waals surface area (Å²) in [5.41, 5.74) is 9.93. The van der Waals surface area contributed by atoms with Crippen LogP contribution < -0.4 is 15.8 Å². The first kappa shape index (κ1) is 22.5. The second-order valence-corrected chi connectivity index (χ2v) is 7.38. The fraction of sp³-hybridized carbons (Fsp3) is 0.409. The molecule has 1 aliphatic rings. The Hall–Kier alpha value is -1.80. The molecule has 0 aromatic heterocycles. The summed E-state index contributed by atoms with van der Waals surface area (Å²) >= 11 is 0. The van der Waals surface area contributed by atoms with E-state index >= 15 is 0 Å². The predicted molar refractivity (Wildman–Crippen MR) is 128 cm³/mol. The van der Waals surface area contributed by atoms with Gasteiger partial charge in [-0.3, -0.25) is 9.89 Å². The van der Waals surface area contributed by atoms with Gasteiger partial charge in [0.25, 0.3) is 0 Å². The molecule has 0 saturated carbocycles. The van der Waals surface area contributed by atoms with Gasteiger partial charge in [-0.25, -0.2) is 0 Å². The highest BCUT2D eigenvalue weighted by Gasteiger charge is 2.25. The molecule has 0 amide bonds. The van der Waals surface area contributed by atoms with Crippen LogP contribution in [0.25, 0.3) is 0 Å². The maximum atomic E-state index is 6.12. The molecule has 3 rings (SSSR count). The molecule has 152 valence electrons. The number of rotatable bonds is 6. The van der Waals surface area contributed by atoms with Gasteiger partial charge in [0.05, 0.1) is 13.7 Å². The summed E-state index contributed by atoms with van der Waals surface area (Å²) < 4.78 is 5.18. The van der Waals surface area contributed by atoms with Crippen molar-refractivity contribution in [3.8, 4) is 5.75 Å². The fourth-order valence-corrected chi connectivity index (χ4v) is 3.60. The van der Waals surface area contributed by atoms with Crippen molar-refractivity contribution in [1.82, 2.24) is 4.90 Å². The molecule has 0 saturated heterocycles. The fourth-order valence-electron chi connectivity index (χ4n) is 3.60. The SMILES string of the molecule is COc1ccc(NC(N)=NCC(C(C)C)N2CCc3ccccc3C2)cc1.I. The molecule has 0 spiro atoms. The van der Waals surface area contributed by atoms with Crippen molar-refractivity contribution in [3.63, 3.8) is 0 Å². The van der Waals surface area contributed by atoms with Crippen molar-refractivity contribution in [2.45, 2.75) is 32.9 Å². The van der Waals surface area contributed by atoms with E-state index in [2.05, 4.69) is 53.3 Å². The number of nitrogens with one attached hydrogen (secondary N) is 1. The number of hydrogen-bond donors (Lipinski definition) is 2. The number of guanidine groups is 1. The number of hydrogen-bond acceptors (Lipinski definition) is 3. The average Bonchev–Trinajstić information content (AvgIpc) is 2.68. The lowest BCUT2D eigenvalue weighted by molar-refractivity contribution is 0.145. The van der Waals surface area contributed by atoms with Crippen LogP contribution in [0.4, 0.5) is 5.69 Å². The maximum Gasteiger partial charge on any atom is 0.193 e. The number of methoxy groups -OCH3 is 1. The van der Waals surface area contributed by atoms with E-state index in [1.807, 2.05) is 24.3 Å². The van der Waals surface area contributed by atoms with E-state index in [9.17, 15) is 0 Å². The van der Waals surface area contributed by atoms with E-state index in [1.165, 1.54) is 11.1 Å². The van der Waals surface area contributed by atoms with E-state index in [4.69, 9.17) is 10.5 Å². The zero-order valence-electron chi connectivity index (χ0n) is 16.9. The summed E-state index contributed by atoms with van der Waals surface area (Å²) in [6.07, 6.45) is 1.10. The van der Waals surface area contributed by atoms with Gasteiger partial charge in [0.1, 0.15) is 5.75 Å². The second-order valence-electron chi connectivity index (χ2n) is 7.38. The van der Waals surface area contributed by atoms with Crippen molar-refractivity contribution in [2.75, 3.05) is 25.5 Å². The van der Waals surface area contributed by atoms with Crippen LogP contribution in [0.15, 0.2) is 53.5 Å². The summed E-state index contributed by atoms with van der Waals surface area (Å²) in [5.74, 6) is 1.78. The highest BCUT2D eigenvalue weighted by Crippen LogP contribution is 2.23. The van der Waals surface area contributed by atoms with Gasteiger partial charge in [0, 0.05) is 24.8 Å². The summed E-state index contributed by atoms with van der Waals surface area (Å²) in [6.45, 7) is 7.26. The Morgan fingerprint density at radius 2 is 1.82 bits per heavy atom. The van der Waals surface area contributed by atoms with Gasteiger partial charge in [-0.05, 0) is 47.7 Å². The number of ether oxygens (including phenoxy) is 1. The zero-order chi connectivity index (χ0) is 19.2. The van der Waals surface area contributed by atoms with Gasteiger partial charge >= 0.3 is 0 Å². The third-order valence-electron chi connectivity index (χ3n) is 5.21. The first-order valence-corrected chi connectivity index (χ1v) is 9.58. The molecule has 28 heavy (non-hydrogen) atoms. The molecule has 2 aromatic carbocycles. The van der Waals surface area contributed by atoms with Crippen LogP contribution in [-0.2, 0) is 13.0 Å². The molecule has 1 unspecified atom stereocenters. The largest absolute Gasteiger partial charge is 0.497 e. The van der Waals surface area contributed by atoms with Gasteiger partial charge in [-0.1, -0.05) is 38.1 Å². The van der Waals surface area contributed by atoms with E-state index < -0.39 is 0 Å². The Kier molecular flexibility index (Phi) is 8.57. The first-order valence-electron chi connectivity index (χ1n) is 9.58. The van der Waals surface area contributed by atoms with Crippen LogP contribution in [-0.4, -0.2) is 37.1 Å². The normalized spacial score (nSPS) is 15.5. The monoisotopic (exact) mass is 494 g/mol. The summed E-state index contributed by atoms with van der Waals surface area (Å²) in [6, 6.07) is 16.8. The van der Waals surface area contributed by atoms with E-state index in [0.29, 0.717) is 24.5 Å². The molecule has 1 aliphatic heterocycles. The van der Waals surface area contributed by atoms with Crippen LogP contribution in [0.5, 0.6) is 5.75 Å². The lowest BCUT2D eigenvalue weighted by Crippen LogP contribution is -2.44. The topological polar surface area (TPSA) is 62.9 Å². The predicted octanol–water partition coefficient (Wildman–Crippen LogP) is 4.12. The standard InChI is InChI=1S/C22H30N4O.HI/c1-16(2)21(26-13-12-17-6-4-5-7-18(17)15-26)14-24-22(23)25-19-8-10-20(27-3)11-9-19;/h4-11,16,21H,12-15H2,1-3H3,(H3,23,24,25);1H. The molecule has 0 radical (unpaired) electrons. The molecule has 1 atom stereocenters.